The zero-order chi connectivity index (χ0) is 15.4. The van der Waals surface area contributed by atoms with E-state index in [1.165, 1.54) is 0 Å². The summed E-state index contributed by atoms with van der Waals surface area (Å²) in [4.78, 5) is 2.07. The van der Waals surface area contributed by atoms with Crippen molar-refractivity contribution in [2.24, 2.45) is 0 Å². The lowest BCUT2D eigenvalue weighted by atomic mass is 10.1. The minimum atomic E-state index is -0.791. The minimum Gasteiger partial charge on any atom is -0.493 e. The summed E-state index contributed by atoms with van der Waals surface area (Å²) in [6, 6.07) is 7.61. The molecular formula is C15H20BrN3O2. The lowest BCUT2D eigenvalue weighted by Crippen LogP contribution is -2.21. The minimum absolute atomic E-state index is 0.594. The Morgan fingerprint density at radius 3 is 2.71 bits per heavy atom. The van der Waals surface area contributed by atoms with Crippen molar-refractivity contribution in [2.75, 3.05) is 27.7 Å². The van der Waals surface area contributed by atoms with Crippen LogP contribution < -0.4 is 4.74 Å². The average Bonchev–Trinajstić information content (AvgIpc) is 2.87. The van der Waals surface area contributed by atoms with Crippen LogP contribution in [-0.2, 0) is 6.54 Å². The van der Waals surface area contributed by atoms with Crippen LogP contribution in [0.5, 0.6) is 5.75 Å². The number of hydrogen-bond acceptors (Lipinski definition) is 4. The molecule has 0 radical (unpaired) electrons. The van der Waals surface area contributed by atoms with Crippen LogP contribution >= 0.6 is 15.9 Å². The maximum atomic E-state index is 10.7. The largest absolute Gasteiger partial charge is 0.493 e. The first-order valence-electron chi connectivity index (χ1n) is 6.71. The van der Waals surface area contributed by atoms with E-state index in [1.807, 2.05) is 38.4 Å². The highest BCUT2D eigenvalue weighted by molar-refractivity contribution is 9.10. The van der Waals surface area contributed by atoms with Gasteiger partial charge in [0.15, 0.2) is 5.75 Å². The molecule has 0 spiro atoms. The van der Waals surface area contributed by atoms with Gasteiger partial charge in [0, 0.05) is 16.6 Å². The normalized spacial score (nSPS) is 12.7. The fourth-order valence-electron chi connectivity index (χ4n) is 2.13. The number of rotatable bonds is 6. The number of benzene rings is 1. The lowest BCUT2D eigenvalue weighted by molar-refractivity contribution is 0.199. The first-order chi connectivity index (χ1) is 10.0. The fourth-order valence-corrected chi connectivity index (χ4v) is 2.63. The third kappa shape index (κ3) is 3.64. The van der Waals surface area contributed by atoms with Gasteiger partial charge in [-0.1, -0.05) is 34.1 Å². The van der Waals surface area contributed by atoms with Crippen molar-refractivity contribution in [1.29, 1.82) is 0 Å². The van der Waals surface area contributed by atoms with E-state index >= 15 is 0 Å². The topological polar surface area (TPSA) is 50.5 Å². The predicted octanol–water partition coefficient (Wildman–Crippen LogP) is 2.30. The molecule has 21 heavy (non-hydrogen) atoms. The molecule has 0 fully saturated rings. The number of likely N-dealkylation sites (N-methyl/N-ethyl adjacent to an activating group) is 1. The van der Waals surface area contributed by atoms with Gasteiger partial charge in [-0.15, -0.1) is 0 Å². The third-order valence-corrected chi connectivity index (χ3v) is 4.00. The van der Waals surface area contributed by atoms with Gasteiger partial charge in [0.1, 0.15) is 11.8 Å². The number of ether oxygens (including phenoxy) is 1. The summed E-state index contributed by atoms with van der Waals surface area (Å²) >= 11 is 3.48. The highest BCUT2D eigenvalue weighted by atomic mass is 79.9. The van der Waals surface area contributed by atoms with Gasteiger partial charge in [-0.3, -0.25) is 4.68 Å². The van der Waals surface area contributed by atoms with Crippen LogP contribution in [0.2, 0.25) is 0 Å². The number of aliphatic hydroxyl groups excluding tert-OH is 1. The van der Waals surface area contributed by atoms with Gasteiger partial charge in [0.2, 0.25) is 0 Å². The van der Waals surface area contributed by atoms with Crippen molar-refractivity contribution in [1.82, 2.24) is 14.7 Å². The summed E-state index contributed by atoms with van der Waals surface area (Å²) in [6.45, 7) is 1.52. The summed E-state index contributed by atoms with van der Waals surface area (Å²) in [6.07, 6.45) is 0.852. The van der Waals surface area contributed by atoms with Crippen LogP contribution in [0.3, 0.4) is 0 Å². The standard InChI is InChI=1S/C15H20BrN3O2/c1-18(2)8-9-19-14(13(21-3)10-17-19)15(20)11-6-4-5-7-12(11)16/h4-7,10,15,20H,8-9H2,1-3H3. The number of halogens is 1. The zero-order valence-electron chi connectivity index (χ0n) is 12.5. The molecule has 0 bridgehead atoms. The number of hydrogen-bond donors (Lipinski definition) is 1. The second-order valence-corrected chi connectivity index (χ2v) is 5.90. The van der Waals surface area contributed by atoms with E-state index in [9.17, 15) is 5.11 Å². The van der Waals surface area contributed by atoms with Crippen LogP contribution in [-0.4, -0.2) is 47.5 Å². The maximum absolute atomic E-state index is 10.7. The number of aromatic nitrogens is 2. The summed E-state index contributed by atoms with van der Waals surface area (Å²) < 4.78 is 8.00. The molecule has 0 saturated heterocycles. The number of nitrogens with zero attached hydrogens (tertiary/aromatic N) is 3. The van der Waals surface area contributed by atoms with Crippen molar-refractivity contribution in [2.45, 2.75) is 12.6 Å². The molecule has 0 aliphatic rings. The Morgan fingerprint density at radius 1 is 1.38 bits per heavy atom. The molecule has 1 atom stereocenters. The van der Waals surface area contributed by atoms with Gasteiger partial charge in [0.25, 0.3) is 0 Å². The Hall–Kier alpha value is -1.37. The molecule has 1 heterocycles. The van der Waals surface area contributed by atoms with Crippen LogP contribution in [0, 0.1) is 0 Å². The van der Waals surface area contributed by atoms with E-state index in [2.05, 4.69) is 25.9 Å². The second kappa shape index (κ2) is 7.06. The van der Waals surface area contributed by atoms with Crippen molar-refractivity contribution >= 4 is 15.9 Å². The molecule has 0 aliphatic heterocycles. The van der Waals surface area contributed by atoms with Crippen LogP contribution in [0.4, 0.5) is 0 Å². The molecule has 2 aromatic rings. The average molecular weight is 354 g/mol. The molecule has 0 aliphatic carbocycles. The molecule has 0 amide bonds. The summed E-state index contributed by atoms with van der Waals surface area (Å²) in [5, 5.41) is 15.1. The molecule has 0 saturated carbocycles. The van der Waals surface area contributed by atoms with Gasteiger partial charge < -0.3 is 14.7 Å². The van der Waals surface area contributed by atoms with E-state index in [0.717, 1.165) is 16.6 Å². The first-order valence-corrected chi connectivity index (χ1v) is 7.50. The van der Waals surface area contributed by atoms with Crippen molar-refractivity contribution in [3.05, 3.63) is 46.2 Å². The summed E-state index contributed by atoms with van der Waals surface area (Å²) in [5.41, 5.74) is 1.47. The Morgan fingerprint density at radius 2 is 2.10 bits per heavy atom. The highest BCUT2D eigenvalue weighted by Crippen LogP contribution is 2.33. The van der Waals surface area contributed by atoms with Gasteiger partial charge in [0.05, 0.1) is 19.9 Å². The molecule has 1 unspecified atom stereocenters. The van der Waals surface area contributed by atoms with Gasteiger partial charge in [-0.2, -0.15) is 5.10 Å². The molecular weight excluding hydrogens is 334 g/mol. The lowest BCUT2D eigenvalue weighted by Gasteiger charge is -2.17. The van der Waals surface area contributed by atoms with Crippen LogP contribution in [0.15, 0.2) is 34.9 Å². The van der Waals surface area contributed by atoms with Crippen LogP contribution in [0.25, 0.3) is 0 Å². The Bertz CT molecular complexity index is 598. The van der Waals surface area contributed by atoms with Crippen molar-refractivity contribution in [3.63, 3.8) is 0 Å². The van der Waals surface area contributed by atoms with E-state index in [0.29, 0.717) is 18.0 Å². The second-order valence-electron chi connectivity index (χ2n) is 5.05. The summed E-state index contributed by atoms with van der Waals surface area (Å²) in [7, 11) is 5.60. The van der Waals surface area contributed by atoms with Crippen LogP contribution in [0.1, 0.15) is 17.4 Å². The van der Waals surface area contributed by atoms with Gasteiger partial charge >= 0.3 is 0 Å². The van der Waals surface area contributed by atoms with Crippen molar-refractivity contribution < 1.29 is 9.84 Å². The smallest absolute Gasteiger partial charge is 0.163 e. The first kappa shape index (κ1) is 16.0. The SMILES string of the molecule is COc1cnn(CCN(C)C)c1C(O)c1ccccc1Br. The Labute approximate surface area is 133 Å². The molecule has 5 nitrogen and oxygen atoms in total. The summed E-state index contributed by atoms with van der Waals surface area (Å²) in [5.74, 6) is 0.594. The Balaban J connectivity index is 2.36. The monoisotopic (exact) mass is 353 g/mol. The van der Waals surface area contributed by atoms with E-state index < -0.39 is 6.10 Å². The molecule has 114 valence electrons. The highest BCUT2D eigenvalue weighted by Gasteiger charge is 2.23. The van der Waals surface area contributed by atoms with Gasteiger partial charge in [-0.25, -0.2) is 0 Å². The predicted molar refractivity (Wildman–Crippen MR) is 85.5 cm³/mol. The fraction of sp³-hybridized carbons (Fsp3) is 0.400. The Kier molecular flexibility index (Phi) is 5.39. The number of aliphatic hydroxyl groups is 1. The van der Waals surface area contributed by atoms with E-state index in [-0.39, 0.29) is 0 Å². The zero-order valence-corrected chi connectivity index (χ0v) is 14.0. The quantitative estimate of drug-likeness (QED) is 0.865. The molecule has 1 aromatic heterocycles. The third-order valence-electron chi connectivity index (χ3n) is 3.28. The maximum Gasteiger partial charge on any atom is 0.163 e. The number of methoxy groups -OCH3 is 1. The molecule has 1 N–H and O–H groups in total. The molecule has 2 rings (SSSR count). The molecule has 6 heteroatoms. The van der Waals surface area contributed by atoms with E-state index in [4.69, 9.17) is 4.74 Å². The molecule has 1 aromatic carbocycles. The van der Waals surface area contributed by atoms with Crippen molar-refractivity contribution in [3.8, 4) is 5.75 Å². The van der Waals surface area contributed by atoms with Gasteiger partial charge in [-0.05, 0) is 20.2 Å². The van der Waals surface area contributed by atoms with E-state index in [1.54, 1.807) is 18.0 Å².